The number of hydrogen-bond donors (Lipinski definition) is 1. The lowest BCUT2D eigenvalue weighted by Crippen LogP contribution is -2.23. The fourth-order valence-electron chi connectivity index (χ4n) is 2.64. The number of halogens is 1. The molecule has 0 aliphatic rings. The maximum atomic E-state index is 12.6. The molecule has 0 radical (unpaired) electrons. The number of amides is 1. The van der Waals surface area contributed by atoms with Gasteiger partial charge in [0.2, 0.25) is 5.91 Å². The maximum absolute atomic E-state index is 12.6. The quantitative estimate of drug-likeness (QED) is 0.630. The summed E-state index contributed by atoms with van der Waals surface area (Å²) >= 11 is 7.59. The fourth-order valence-corrected chi connectivity index (χ4v) is 3.80. The van der Waals surface area contributed by atoms with Gasteiger partial charge in [0.15, 0.2) is 5.16 Å². The van der Waals surface area contributed by atoms with Gasteiger partial charge in [0.1, 0.15) is 0 Å². The molecule has 25 heavy (non-hydrogen) atoms. The first-order chi connectivity index (χ1) is 12.0. The van der Waals surface area contributed by atoms with Crippen LogP contribution in [0.15, 0.2) is 47.6 Å². The number of anilines is 1. The van der Waals surface area contributed by atoms with Crippen LogP contribution in [0.3, 0.4) is 0 Å². The SMILES string of the molecule is CCn1c(SC(C)C(=O)Nc2cccc(Cl)c2C)nc2ccccc21. The van der Waals surface area contributed by atoms with Crippen LogP contribution in [-0.4, -0.2) is 20.7 Å². The number of para-hydroxylation sites is 2. The minimum atomic E-state index is -0.277. The van der Waals surface area contributed by atoms with Gasteiger partial charge in [0.25, 0.3) is 0 Å². The molecule has 0 aliphatic heterocycles. The third kappa shape index (κ3) is 3.67. The zero-order valence-electron chi connectivity index (χ0n) is 14.4. The summed E-state index contributed by atoms with van der Waals surface area (Å²) in [6.45, 7) is 6.67. The number of carbonyl (C=O) groups excluding carboxylic acids is 1. The molecular formula is C19H20ClN3OS. The van der Waals surface area contributed by atoms with Crippen LogP contribution in [-0.2, 0) is 11.3 Å². The second-order valence-electron chi connectivity index (χ2n) is 5.79. The van der Waals surface area contributed by atoms with Crippen LogP contribution in [0.25, 0.3) is 11.0 Å². The highest BCUT2D eigenvalue weighted by molar-refractivity contribution is 8.00. The van der Waals surface area contributed by atoms with Crippen LogP contribution in [0, 0.1) is 6.92 Å². The highest BCUT2D eigenvalue weighted by atomic mass is 35.5. The second-order valence-corrected chi connectivity index (χ2v) is 7.50. The van der Waals surface area contributed by atoms with Crippen molar-refractivity contribution in [1.29, 1.82) is 0 Å². The van der Waals surface area contributed by atoms with E-state index in [0.717, 1.165) is 34.0 Å². The largest absolute Gasteiger partial charge is 0.325 e. The molecule has 4 nitrogen and oxygen atoms in total. The van der Waals surface area contributed by atoms with Crippen molar-refractivity contribution in [1.82, 2.24) is 9.55 Å². The van der Waals surface area contributed by atoms with Crippen LogP contribution >= 0.6 is 23.4 Å². The number of nitrogens with one attached hydrogen (secondary N) is 1. The van der Waals surface area contributed by atoms with Gasteiger partial charge in [0, 0.05) is 17.3 Å². The molecule has 0 saturated carbocycles. The Morgan fingerprint density at radius 3 is 2.80 bits per heavy atom. The van der Waals surface area contributed by atoms with E-state index in [0.29, 0.717) is 5.02 Å². The van der Waals surface area contributed by atoms with Crippen molar-refractivity contribution in [2.45, 2.75) is 37.7 Å². The number of imidazole rings is 1. The summed E-state index contributed by atoms with van der Waals surface area (Å²) in [6, 6.07) is 13.5. The molecule has 130 valence electrons. The number of carbonyl (C=O) groups is 1. The van der Waals surface area contributed by atoms with Crippen LogP contribution in [0.2, 0.25) is 5.02 Å². The van der Waals surface area contributed by atoms with Crippen LogP contribution in [0.4, 0.5) is 5.69 Å². The van der Waals surface area contributed by atoms with Gasteiger partial charge in [-0.1, -0.05) is 41.6 Å². The van der Waals surface area contributed by atoms with E-state index < -0.39 is 0 Å². The van der Waals surface area contributed by atoms with Crippen molar-refractivity contribution in [2.75, 3.05) is 5.32 Å². The van der Waals surface area contributed by atoms with Gasteiger partial charge in [-0.25, -0.2) is 4.98 Å². The van der Waals surface area contributed by atoms with E-state index in [-0.39, 0.29) is 11.2 Å². The van der Waals surface area contributed by atoms with E-state index in [1.807, 2.05) is 50.2 Å². The third-order valence-corrected chi connectivity index (χ3v) is 5.61. The minimum absolute atomic E-state index is 0.0647. The Labute approximate surface area is 156 Å². The fraction of sp³-hybridized carbons (Fsp3) is 0.263. The van der Waals surface area contributed by atoms with Gasteiger partial charge >= 0.3 is 0 Å². The molecule has 2 aromatic carbocycles. The Kier molecular flexibility index (Phi) is 5.35. The third-order valence-electron chi connectivity index (χ3n) is 4.11. The normalized spacial score (nSPS) is 12.3. The van der Waals surface area contributed by atoms with Crippen molar-refractivity contribution in [2.24, 2.45) is 0 Å². The summed E-state index contributed by atoms with van der Waals surface area (Å²) in [6.07, 6.45) is 0. The molecule has 1 unspecified atom stereocenters. The van der Waals surface area contributed by atoms with E-state index in [4.69, 9.17) is 11.6 Å². The van der Waals surface area contributed by atoms with Gasteiger partial charge < -0.3 is 9.88 Å². The summed E-state index contributed by atoms with van der Waals surface area (Å²) in [4.78, 5) is 17.3. The topological polar surface area (TPSA) is 46.9 Å². The molecule has 1 heterocycles. The van der Waals surface area contributed by atoms with Crippen LogP contribution < -0.4 is 5.32 Å². The van der Waals surface area contributed by atoms with E-state index >= 15 is 0 Å². The summed E-state index contributed by atoms with van der Waals surface area (Å²) < 4.78 is 2.13. The first-order valence-electron chi connectivity index (χ1n) is 8.19. The summed E-state index contributed by atoms with van der Waals surface area (Å²) in [5, 5.41) is 4.18. The maximum Gasteiger partial charge on any atom is 0.237 e. The Morgan fingerprint density at radius 2 is 2.04 bits per heavy atom. The first-order valence-corrected chi connectivity index (χ1v) is 9.45. The number of thioether (sulfide) groups is 1. The number of nitrogens with zero attached hydrogens (tertiary/aromatic N) is 2. The number of fused-ring (bicyclic) bond motifs is 1. The average molecular weight is 374 g/mol. The number of benzene rings is 2. The molecular weight excluding hydrogens is 354 g/mol. The van der Waals surface area contributed by atoms with E-state index in [1.54, 1.807) is 0 Å². The summed E-state index contributed by atoms with van der Waals surface area (Å²) in [5.41, 5.74) is 3.65. The van der Waals surface area contributed by atoms with Crippen molar-refractivity contribution in [3.8, 4) is 0 Å². The molecule has 0 saturated heterocycles. The van der Waals surface area contributed by atoms with Crippen molar-refractivity contribution >= 4 is 46.0 Å². The molecule has 0 fully saturated rings. The van der Waals surface area contributed by atoms with Gasteiger partial charge in [0.05, 0.1) is 16.3 Å². The molecule has 0 aliphatic carbocycles. The Morgan fingerprint density at radius 1 is 1.28 bits per heavy atom. The molecule has 0 bridgehead atoms. The lowest BCUT2D eigenvalue weighted by molar-refractivity contribution is -0.115. The van der Waals surface area contributed by atoms with Gasteiger partial charge in [-0.15, -0.1) is 0 Å². The molecule has 1 aromatic heterocycles. The lowest BCUT2D eigenvalue weighted by atomic mass is 10.2. The smallest absolute Gasteiger partial charge is 0.237 e. The highest BCUT2D eigenvalue weighted by Gasteiger charge is 2.19. The highest BCUT2D eigenvalue weighted by Crippen LogP contribution is 2.29. The zero-order chi connectivity index (χ0) is 18.0. The predicted octanol–water partition coefficient (Wildman–Crippen LogP) is 5.14. The zero-order valence-corrected chi connectivity index (χ0v) is 16.0. The minimum Gasteiger partial charge on any atom is -0.325 e. The average Bonchev–Trinajstić information content (AvgIpc) is 2.95. The summed E-state index contributed by atoms with van der Waals surface area (Å²) in [7, 11) is 0. The first kappa shape index (κ1) is 17.8. The molecule has 1 N–H and O–H groups in total. The number of rotatable bonds is 5. The van der Waals surface area contributed by atoms with Gasteiger partial charge in [-0.05, 0) is 50.6 Å². The van der Waals surface area contributed by atoms with Crippen LogP contribution in [0.5, 0.6) is 0 Å². The standard InChI is InChI=1S/C19H20ClN3OS/c1-4-23-17-11-6-5-9-16(17)22-19(23)25-13(3)18(24)21-15-10-7-8-14(20)12(15)2/h5-11,13H,4H2,1-3H3,(H,21,24). The molecule has 0 spiro atoms. The van der Waals surface area contributed by atoms with Crippen LogP contribution in [0.1, 0.15) is 19.4 Å². The number of hydrogen-bond acceptors (Lipinski definition) is 3. The Hall–Kier alpha value is -1.98. The lowest BCUT2D eigenvalue weighted by Gasteiger charge is -2.14. The van der Waals surface area contributed by atoms with Crippen molar-refractivity contribution in [3.05, 3.63) is 53.1 Å². The summed E-state index contributed by atoms with van der Waals surface area (Å²) in [5.74, 6) is -0.0647. The predicted molar refractivity (Wildman–Crippen MR) is 106 cm³/mol. The Bertz CT molecular complexity index is 922. The van der Waals surface area contributed by atoms with E-state index in [2.05, 4.69) is 27.9 Å². The number of aryl methyl sites for hydroxylation is 1. The molecule has 6 heteroatoms. The number of aromatic nitrogens is 2. The molecule has 3 aromatic rings. The molecule has 1 atom stereocenters. The monoisotopic (exact) mass is 373 g/mol. The van der Waals surface area contributed by atoms with Gasteiger partial charge in [-0.3, -0.25) is 4.79 Å². The molecule has 3 rings (SSSR count). The molecule has 1 amide bonds. The van der Waals surface area contributed by atoms with E-state index in [1.165, 1.54) is 11.8 Å². The van der Waals surface area contributed by atoms with Crippen molar-refractivity contribution in [3.63, 3.8) is 0 Å². The van der Waals surface area contributed by atoms with Gasteiger partial charge in [-0.2, -0.15) is 0 Å². The second kappa shape index (κ2) is 7.50. The van der Waals surface area contributed by atoms with Crippen molar-refractivity contribution < 1.29 is 4.79 Å². The van der Waals surface area contributed by atoms with E-state index in [9.17, 15) is 4.79 Å². The Balaban J connectivity index is 1.79.